The van der Waals surface area contributed by atoms with Gasteiger partial charge < -0.3 is 21.9 Å². The third kappa shape index (κ3) is 2.04. The minimum atomic E-state index is 0. The fourth-order valence-corrected chi connectivity index (χ4v) is 2.82. The van der Waals surface area contributed by atoms with E-state index in [1.165, 1.54) is 0 Å². The van der Waals surface area contributed by atoms with Crippen molar-refractivity contribution in [3.05, 3.63) is 54.2 Å². The van der Waals surface area contributed by atoms with Crippen molar-refractivity contribution in [3.8, 4) is 22.8 Å². The number of aromatic nitrogens is 1. The van der Waals surface area contributed by atoms with Gasteiger partial charge in [-0.05, 0) is 29.7 Å². The molecular formula is C17H15ClN2O2. The van der Waals surface area contributed by atoms with Gasteiger partial charge in [-0.15, -0.1) is 0 Å². The van der Waals surface area contributed by atoms with E-state index in [9.17, 15) is 0 Å². The molecule has 1 aromatic heterocycles. The number of nitrogens with zero attached hydrogens (tertiary/aromatic N) is 1. The normalized spacial score (nSPS) is 12.2. The average Bonchev–Trinajstić information content (AvgIpc) is 2.98. The summed E-state index contributed by atoms with van der Waals surface area (Å²) in [5.41, 5.74) is 2.98. The summed E-state index contributed by atoms with van der Waals surface area (Å²) < 4.78 is 12.9. The molecule has 0 saturated carbocycles. The topological polar surface area (TPSA) is 48.4 Å². The van der Waals surface area contributed by atoms with Crippen molar-refractivity contribution < 1.29 is 26.6 Å². The molecule has 4 rings (SSSR count). The van der Waals surface area contributed by atoms with Crippen LogP contribution >= 0.6 is 0 Å². The first-order valence-electron chi connectivity index (χ1n) is 6.84. The summed E-state index contributed by atoms with van der Waals surface area (Å²) in [5, 5.41) is 2.08. The number of fused-ring (bicyclic) bond motifs is 3. The predicted molar refractivity (Wildman–Crippen MR) is 80.6 cm³/mol. The minimum absolute atomic E-state index is 0. The maximum Gasteiger partial charge on any atom is 0.254 e. The van der Waals surface area contributed by atoms with E-state index in [0.717, 1.165) is 39.2 Å². The van der Waals surface area contributed by atoms with Crippen LogP contribution in [0.3, 0.4) is 0 Å². The van der Waals surface area contributed by atoms with Gasteiger partial charge in [0.2, 0.25) is 12.5 Å². The van der Waals surface area contributed by atoms with Crippen molar-refractivity contribution in [2.75, 3.05) is 12.6 Å². The zero-order valence-electron chi connectivity index (χ0n) is 12.0. The number of hydrogen-bond donors (Lipinski definition) is 1. The first-order valence-corrected chi connectivity index (χ1v) is 6.84. The standard InChI is InChI=1S/C17H15N2O2.ClH/c1-11-9-13-7-8-14-17(21-10-20-14)15(13)16(19(11)18)12-5-3-2-4-6-12;/h2-9H,10,18H2,1H3;1H/q+1;/p-1. The second-order valence-corrected chi connectivity index (χ2v) is 5.13. The van der Waals surface area contributed by atoms with Gasteiger partial charge in [0, 0.05) is 18.6 Å². The second kappa shape index (κ2) is 5.39. The summed E-state index contributed by atoms with van der Waals surface area (Å²) in [6.07, 6.45) is 0. The number of halogens is 1. The van der Waals surface area contributed by atoms with Gasteiger partial charge in [0.1, 0.15) is 5.39 Å². The van der Waals surface area contributed by atoms with E-state index >= 15 is 0 Å². The Balaban J connectivity index is 0.00000144. The highest BCUT2D eigenvalue weighted by Crippen LogP contribution is 2.42. The summed E-state index contributed by atoms with van der Waals surface area (Å²) in [6, 6.07) is 16.1. The molecule has 2 N–H and O–H groups in total. The highest BCUT2D eigenvalue weighted by molar-refractivity contribution is 5.99. The Morgan fingerprint density at radius 1 is 1.05 bits per heavy atom. The molecule has 0 radical (unpaired) electrons. The van der Waals surface area contributed by atoms with E-state index in [0.29, 0.717) is 0 Å². The molecule has 3 aromatic rings. The first-order chi connectivity index (χ1) is 10.3. The highest BCUT2D eigenvalue weighted by atomic mass is 35.5. The number of hydrogen-bond acceptors (Lipinski definition) is 3. The highest BCUT2D eigenvalue weighted by Gasteiger charge is 2.27. The lowest BCUT2D eigenvalue weighted by Crippen LogP contribution is -3.00. The lowest BCUT2D eigenvalue weighted by atomic mass is 10.0. The van der Waals surface area contributed by atoms with Crippen LogP contribution in [-0.2, 0) is 0 Å². The van der Waals surface area contributed by atoms with E-state index in [-0.39, 0.29) is 19.2 Å². The van der Waals surface area contributed by atoms with E-state index in [1.807, 2.05) is 49.4 Å². The summed E-state index contributed by atoms with van der Waals surface area (Å²) in [7, 11) is 0. The van der Waals surface area contributed by atoms with Crippen LogP contribution in [0.15, 0.2) is 48.5 Å². The summed E-state index contributed by atoms with van der Waals surface area (Å²) in [5.74, 6) is 7.83. The van der Waals surface area contributed by atoms with E-state index < -0.39 is 0 Å². The van der Waals surface area contributed by atoms with Crippen molar-refractivity contribution in [2.24, 2.45) is 0 Å². The Labute approximate surface area is 134 Å². The van der Waals surface area contributed by atoms with Gasteiger partial charge >= 0.3 is 0 Å². The molecular weight excluding hydrogens is 300 g/mol. The molecule has 5 heteroatoms. The fraction of sp³-hybridized carbons (Fsp3) is 0.118. The van der Waals surface area contributed by atoms with Gasteiger partial charge in [0.15, 0.2) is 11.5 Å². The van der Waals surface area contributed by atoms with Gasteiger partial charge in [-0.2, -0.15) is 0 Å². The molecule has 0 unspecified atom stereocenters. The largest absolute Gasteiger partial charge is 1.00 e. The molecule has 1 aliphatic heterocycles. The molecule has 4 nitrogen and oxygen atoms in total. The molecule has 1 aliphatic rings. The zero-order chi connectivity index (χ0) is 14.4. The molecule has 0 saturated heterocycles. The number of benzene rings is 2. The Morgan fingerprint density at radius 2 is 1.82 bits per heavy atom. The maximum absolute atomic E-state index is 6.30. The van der Waals surface area contributed by atoms with Gasteiger partial charge in [-0.3, -0.25) is 0 Å². The Hall–Kier alpha value is -2.46. The number of nitrogen functional groups attached to an aromatic ring is 1. The van der Waals surface area contributed by atoms with Crippen LogP contribution in [0, 0.1) is 6.92 Å². The molecule has 0 fully saturated rings. The SMILES string of the molecule is Cc1cc2ccc3c(c2c(-c2ccccc2)[n+]1N)OCO3.[Cl-]. The Kier molecular flexibility index (Phi) is 3.54. The monoisotopic (exact) mass is 314 g/mol. The van der Waals surface area contributed by atoms with Crippen LogP contribution in [0.1, 0.15) is 5.69 Å². The van der Waals surface area contributed by atoms with Crippen LogP contribution < -0.4 is 32.4 Å². The van der Waals surface area contributed by atoms with Crippen molar-refractivity contribution >= 4 is 10.8 Å². The summed E-state index contributed by atoms with van der Waals surface area (Å²) in [6.45, 7) is 2.25. The number of rotatable bonds is 1. The maximum atomic E-state index is 6.30. The summed E-state index contributed by atoms with van der Waals surface area (Å²) >= 11 is 0. The average molecular weight is 315 g/mol. The molecule has 0 amide bonds. The van der Waals surface area contributed by atoms with Gasteiger partial charge in [0.25, 0.3) is 5.69 Å². The third-order valence-electron chi connectivity index (χ3n) is 3.84. The van der Waals surface area contributed by atoms with Crippen molar-refractivity contribution in [1.82, 2.24) is 0 Å². The van der Waals surface area contributed by atoms with Gasteiger partial charge in [0.05, 0.1) is 0 Å². The van der Waals surface area contributed by atoms with Crippen molar-refractivity contribution in [1.29, 1.82) is 0 Å². The van der Waals surface area contributed by atoms with Gasteiger partial charge in [-0.1, -0.05) is 22.9 Å². The molecule has 0 atom stereocenters. The zero-order valence-corrected chi connectivity index (χ0v) is 12.8. The van der Waals surface area contributed by atoms with E-state index in [1.54, 1.807) is 4.68 Å². The lowest BCUT2D eigenvalue weighted by molar-refractivity contribution is -0.632. The molecule has 112 valence electrons. The predicted octanol–water partition coefficient (Wildman–Crippen LogP) is -0.451. The molecule has 0 spiro atoms. The number of pyridine rings is 1. The van der Waals surface area contributed by atoms with Crippen molar-refractivity contribution in [3.63, 3.8) is 0 Å². The van der Waals surface area contributed by atoms with E-state index in [4.69, 9.17) is 15.3 Å². The number of ether oxygens (including phenoxy) is 2. The lowest BCUT2D eigenvalue weighted by Gasteiger charge is -2.08. The van der Waals surface area contributed by atoms with Crippen LogP contribution in [0.5, 0.6) is 11.5 Å². The second-order valence-electron chi connectivity index (χ2n) is 5.13. The quantitative estimate of drug-likeness (QED) is 0.489. The van der Waals surface area contributed by atoms with Crippen LogP contribution in [0.25, 0.3) is 22.0 Å². The van der Waals surface area contributed by atoms with Crippen LogP contribution in [0.4, 0.5) is 0 Å². The molecule has 2 heterocycles. The Bertz CT molecular complexity index is 850. The van der Waals surface area contributed by atoms with Crippen molar-refractivity contribution in [2.45, 2.75) is 6.92 Å². The number of nitrogens with two attached hydrogens (primary N) is 1. The Morgan fingerprint density at radius 3 is 2.59 bits per heavy atom. The molecule has 22 heavy (non-hydrogen) atoms. The number of aryl methyl sites for hydroxylation is 1. The molecule has 0 bridgehead atoms. The van der Waals surface area contributed by atoms with Crippen LogP contribution in [0.2, 0.25) is 0 Å². The third-order valence-corrected chi connectivity index (χ3v) is 3.84. The van der Waals surface area contributed by atoms with E-state index in [2.05, 4.69) is 6.07 Å². The smallest absolute Gasteiger partial charge is 0.254 e. The minimum Gasteiger partial charge on any atom is -1.00 e. The fourth-order valence-electron chi connectivity index (χ4n) is 2.82. The van der Waals surface area contributed by atoms with Gasteiger partial charge in [-0.25, -0.2) is 5.84 Å². The first kappa shape index (κ1) is 14.5. The molecule has 0 aliphatic carbocycles. The molecule has 2 aromatic carbocycles. The van der Waals surface area contributed by atoms with Crippen LogP contribution in [-0.4, -0.2) is 6.79 Å². The summed E-state index contributed by atoms with van der Waals surface area (Å²) in [4.78, 5) is 0.